The van der Waals surface area contributed by atoms with Gasteiger partial charge in [-0.15, -0.1) is 0 Å². The van der Waals surface area contributed by atoms with Gasteiger partial charge in [-0.2, -0.15) is 5.10 Å². The summed E-state index contributed by atoms with van der Waals surface area (Å²) >= 11 is 0. The summed E-state index contributed by atoms with van der Waals surface area (Å²) in [5.41, 5.74) is 2.91. The third-order valence-corrected chi connectivity index (χ3v) is 3.02. The van der Waals surface area contributed by atoms with Crippen LogP contribution in [0.3, 0.4) is 0 Å². The van der Waals surface area contributed by atoms with E-state index in [0.29, 0.717) is 6.42 Å². The Labute approximate surface area is 123 Å². The lowest BCUT2D eigenvalue weighted by Crippen LogP contribution is -2.37. The maximum absolute atomic E-state index is 13.6. The maximum Gasteiger partial charge on any atom is 0.319 e. The number of nitrogens with one attached hydrogen (secondary N) is 3. The van der Waals surface area contributed by atoms with E-state index in [1.165, 1.54) is 6.07 Å². The van der Waals surface area contributed by atoms with E-state index in [9.17, 15) is 9.18 Å². The molecule has 6 heteroatoms. The largest absolute Gasteiger partial charge is 0.335 e. The van der Waals surface area contributed by atoms with Gasteiger partial charge in [0, 0.05) is 18.2 Å². The highest BCUT2D eigenvalue weighted by molar-refractivity contribution is 5.89. The molecule has 0 bridgehead atoms. The Kier molecular flexibility index (Phi) is 4.57. The predicted molar refractivity (Wildman–Crippen MR) is 79.8 cm³/mol. The zero-order valence-electron chi connectivity index (χ0n) is 12.3. The van der Waals surface area contributed by atoms with E-state index < -0.39 is 11.8 Å². The molecule has 2 amide bonds. The van der Waals surface area contributed by atoms with Gasteiger partial charge in [0.15, 0.2) is 0 Å². The second kappa shape index (κ2) is 6.39. The monoisotopic (exact) mass is 290 g/mol. The highest BCUT2D eigenvalue weighted by Crippen LogP contribution is 2.15. The van der Waals surface area contributed by atoms with Crippen molar-refractivity contribution in [3.63, 3.8) is 0 Å². The molecule has 0 aliphatic carbocycles. The van der Waals surface area contributed by atoms with Crippen LogP contribution in [-0.2, 0) is 6.42 Å². The van der Waals surface area contributed by atoms with Crippen molar-refractivity contribution in [2.24, 2.45) is 0 Å². The number of carbonyl (C=O) groups excluding carboxylic acids is 1. The van der Waals surface area contributed by atoms with Gasteiger partial charge in [0.25, 0.3) is 0 Å². The van der Waals surface area contributed by atoms with Crippen molar-refractivity contribution < 1.29 is 9.18 Å². The molecule has 0 fully saturated rings. The van der Waals surface area contributed by atoms with E-state index in [4.69, 9.17) is 0 Å². The number of anilines is 1. The summed E-state index contributed by atoms with van der Waals surface area (Å²) in [6.07, 6.45) is 0.605. The van der Waals surface area contributed by atoms with Crippen LogP contribution in [0, 0.1) is 19.7 Å². The van der Waals surface area contributed by atoms with Crippen molar-refractivity contribution in [1.82, 2.24) is 15.5 Å². The van der Waals surface area contributed by atoms with Gasteiger partial charge in [0.05, 0.1) is 11.4 Å². The third kappa shape index (κ3) is 4.30. The van der Waals surface area contributed by atoms with Crippen LogP contribution < -0.4 is 10.6 Å². The second-order valence-electron chi connectivity index (χ2n) is 5.23. The summed E-state index contributed by atoms with van der Waals surface area (Å²) in [6.45, 7) is 5.63. The third-order valence-electron chi connectivity index (χ3n) is 3.02. The van der Waals surface area contributed by atoms with Crippen molar-refractivity contribution in [1.29, 1.82) is 0 Å². The van der Waals surface area contributed by atoms with E-state index in [1.807, 2.05) is 26.8 Å². The number of carbonyl (C=O) groups is 1. The second-order valence-corrected chi connectivity index (χ2v) is 5.23. The van der Waals surface area contributed by atoms with Crippen molar-refractivity contribution >= 4 is 11.7 Å². The van der Waals surface area contributed by atoms with Crippen LogP contribution in [0.2, 0.25) is 0 Å². The maximum atomic E-state index is 13.6. The van der Waals surface area contributed by atoms with E-state index in [0.717, 1.165) is 17.0 Å². The van der Waals surface area contributed by atoms with Crippen LogP contribution >= 0.6 is 0 Å². The van der Waals surface area contributed by atoms with Gasteiger partial charge in [-0.25, -0.2) is 9.18 Å². The molecule has 0 spiro atoms. The van der Waals surface area contributed by atoms with Crippen molar-refractivity contribution in [2.75, 3.05) is 5.32 Å². The zero-order chi connectivity index (χ0) is 15.4. The summed E-state index contributed by atoms with van der Waals surface area (Å²) in [5, 5.41) is 12.3. The summed E-state index contributed by atoms with van der Waals surface area (Å²) in [7, 11) is 0. The average Bonchev–Trinajstić information content (AvgIpc) is 2.79. The van der Waals surface area contributed by atoms with Gasteiger partial charge < -0.3 is 10.6 Å². The van der Waals surface area contributed by atoms with Gasteiger partial charge >= 0.3 is 6.03 Å². The van der Waals surface area contributed by atoms with Crippen LogP contribution in [-0.4, -0.2) is 22.3 Å². The molecule has 0 aliphatic rings. The number of H-pyrrole nitrogens is 1. The summed E-state index contributed by atoms with van der Waals surface area (Å²) < 4.78 is 13.6. The Morgan fingerprint density at radius 1 is 1.38 bits per heavy atom. The fraction of sp³-hybridized carbons (Fsp3) is 0.333. The number of urea groups is 1. The number of halogens is 1. The Balaban J connectivity index is 1.90. The average molecular weight is 290 g/mol. The number of benzene rings is 1. The number of aromatic nitrogens is 2. The topological polar surface area (TPSA) is 69.8 Å². The lowest BCUT2D eigenvalue weighted by Gasteiger charge is -2.14. The first kappa shape index (κ1) is 15.0. The molecule has 1 atom stereocenters. The molecule has 0 aliphatic heterocycles. The van der Waals surface area contributed by atoms with Crippen molar-refractivity contribution in [3.05, 3.63) is 47.0 Å². The molecule has 5 nitrogen and oxygen atoms in total. The first-order valence-corrected chi connectivity index (χ1v) is 6.78. The Morgan fingerprint density at radius 2 is 2.14 bits per heavy atom. The fourth-order valence-electron chi connectivity index (χ4n) is 2.06. The van der Waals surface area contributed by atoms with E-state index >= 15 is 0 Å². The molecule has 1 aromatic heterocycles. The minimum absolute atomic E-state index is 0.111. The molecule has 1 aromatic carbocycles. The number of hydrogen-bond donors (Lipinski definition) is 3. The van der Waals surface area contributed by atoms with Crippen LogP contribution in [0.25, 0.3) is 0 Å². The molecular formula is C15H19FN4O. The van der Waals surface area contributed by atoms with Gasteiger partial charge in [-0.3, -0.25) is 5.10 Å². The zero-order valence-corrected chi connectivity index (χ0v) is 12.3. The smallest absolute Gasteiger partial charge is 0.319 e. The number of nitrogens with zero attached hydrogens (tertiary/aromatic N) is 1. The number of aryl methyl sites for hydroxylation is 2. The van der Waals surface area contributed by atoms with E-state index in [1.54, 1.807) is 12.1 Å². The van der Waals surface area contributed by atoms with Gasteiger partial charge in [0.2, 0.25) is 0 Å². The minimum Gasteiger partial charge on any atom is -0.335 e. The highest BCUT2D eigenvalue weighted by atomic mass is 19.1. The molecule has 0 saturated heterocycles. The summed E-state index contributed by atoms with van der Waals surface area (Å²) in [4.78, 5) is 11.9. The van der Waals surface area contributed by atoms with Crippen LogP contribution in [0.5, 0.6) is 0 Å². The Morgan fingerprint density at radius 3 is 2.81 bits per heavy atom. The number of hydrogen-bond acceptors (Lipinski definition) is 2. The number of amides is 2. The normalized spacial score (nSPS) is 12.0. The molecule has 21 heavy (non-hydrogen) atoms. The molecule has 112 valence electrons. The Hall–Kier alpha value is -2.37. The molecule has 2 aromatic rings. The first-order valence-electron chi connectivity index (χ1n) is 6.78. The lowest BCUT2D eigenvalue weighted by molar-refractivity contribution is 0.249. The van der Waals surface area contributed by atoms with Crippen LogP contribution in [0.15, 0.2) is 24.3 Å². The van der Waals surface area contributed by atoms with E-state index in [-0.39, 0.29) is 11.7 Å². The van der Waals surface area contributed by atoms with Gasteiger partial charge in [-0.1, -0.05) is 6.07 Å². The van der Waals surface area contributed by atoms with Crippen molar-refractivity contribution in [3.8, 4) is 0 Å². The number of rotatable bonds is 4. The molecule has 2 rings (SSSR count). The molecule has 0 radical (unpaired) electrons. The predicted octanol–water partition coefficient (Wildman–Crippen LogP) is 2.92. The van der Waals surface area contributed by atoms with Gasteiger partial charge in [0.1, 0.15) is 5.82 Å². The SMILES string of the molecule is Cc1ccc(F)c(NC(=O)NC(C)Cc2cc(C)[nH]n2)c1. The molecule has 0 saturated carbocycles. The standard InChI is InChI=1S/C15H19FN4O/c1-9-4-5-13(16)14(6-9)18-15(21)17-10(2)7-12-8-11(3)19-20-12/h4-6,8,10H,7H2,1-3H3,(H,19,20)(H2,17,18,21). The molecular weight excluding hydrogens is 271 g/mol. The lowest BCUT2D eigenvalue weighted by atomic mass is 10.2. The fourth-order valence-corrected chi connectivity index (χ4v) is 2.06. The van der Waals surface area contributed by atoms with Crippen molar-refractivity contribution in [2.45, 2.75) is 33.2 Å². The van der Waals surface area contributed by atoms with Gasteiger partial charge in [-0.05, 0) is 44.5 Å². The first-order chi connectivity index (χ1) is 9.94. The summed E-state index contributed by atoms with van der Waals surface area (Å²) in [5.74, 6) is -0.452. The number of aromatic amines is 1. The molecule has 1 unspecified atom stereocenters. The molecule has 3 N–H and O–H groups in total. The Bertz CT molecular complexity index is 638. The van der Waals surface area contributed by atoms with Crippen LogP contribution in [0.1, 0.15) is 23.9 Å². The van der Waals surface area contributed by atoms with Crippen LogP contribution in [0.4, 0.5) is 14.9 Å². The quantitative estimate of drug-likeness (QED) is 0.810. The summed E-state index contributed by atoms with van der Waals surface area (Å²) in [6, 6.07) is 5.97. The highest BCUT2D eigenvalue weighted by Gasteiger charge is 2.11. The van der Waals surface area contributed by atoms with E-state index in [2.05, 4.69) is 20.8 Å². The molecule has 1 heterocycles. The minimum atomic E-state index is -0.452.